The molecule has 1 amide bonds. The van der Waals surface area contributed by atoms with Gasteiger partial charge in [0.05, 0.1) is 21.9 Å². The minimum atomic E-state index is -4.55. The van der Waals surface area contributed by atoms with E-state index in [1.54, 1.807) is 6.92 Å². The molecule has 0 spiro atoms. The van der Waals surface area contributed by atoms with Gasteiger partial charge in [-0.1, -0.05) is 23.4 Å². The smallest absolute Gasteiger partial charge is 0.376 e. The van der Waals surface area contributed by atoms with E-state index in [0.717, 1.165) is 41.3 Å². The number of carbonyl (C=O) groups excluding carboxylic acids is 1. The van der Waals surface area contributed by atoms with Crippen molar-refractivity contribution in [2.75, 3.05) is 13.2 Å². The zero-order valence-electron chi connectivity index (χ0n) is 13.7. The fraction of sp³-hybridized carbons (Fsp3) is 0.533. The van der Waals surface area contributed by atoms with Gasteiger partial charge in [0.25, 0.3) is 0 Å². The summed E-state index contributed by atoms with van der Waals surface area (Å²) in [6.45, 7) is 2.75. The third kappa shape index (κ3) is 4.24. The number of thioether (sulfide) groups is 1. The Morgan fingerprint density at radius 3 is 2.96 bits per heavy atom. The zero-order valence-corrected chi connectivity index (χ0v) is 15.3. The van der Waals surface area contributed by atoms with E-state index in [4.69, 9.17) is 16.3 Å². The largest absolute Gasteiger partial charge is 0.417 e. The maximum Gasteiger partial charge on any atom is 0.417 e. The minimum absolute atomic E-state index is 0.0122. The van der Waals surface area contributed by atoms with Crippen molar-refractivity contribution in [1.82, 2.24) is 19.9 Å². The summed E-state index contributed by atoms with van der Waals surface area (Å²) in [5.41, 5.74) is -0.804. The average Bonchev–Trinajstić information content (AvgIpc) is 3.22. The fourth-order valence-electron chi connectivity index (χ4n) is 2.54. The Morgan fingerprint density at radius 2 is 2.31 bits per heavy atom. The van der Waals surface area contributed by atoms with Crippen LogP contribution in [0.4, 0.5) is 13.2 Å². The molecule has 1 aliphatic rings. The van der Waals surface area contributed by atoms with Gasteiger partial charge in [-0.3, -0.25) is 9.20 Å². The van der Waals surface area contributed by atoms with Crippen LogP contribution >= 0.6 is 23.4 Å². The number of amides is 1. The summed E-state index contributed by atoms with van der Waals surface area (Å²) in [4.78, 5) is 12.2. The molecule has 0 saturated carbocycles. The third-order valence-corrected chi connectivity index (χ3v) is 5.27. The van der Waals surface area contributed by atoms with E-state index in [9.17, 15) is 18.0 Å². The van der Waals surface area contributed by atoms with Gasteiger partial charge in [-0.2, -0.15) is 13.2 Å². The van der Waals surface area contributed by atoms with Gasteiger partial charge in [-0.15, -0.1) is 10.2 Å². The number of nitrogens with one attached hydrogen (secondary N) is 1. The second-order valence-corrected chi connectivity index (χ2v) is 7.61. The van der Waals surface area contributed by atoms with Crippen molar-refractivity contribution >= 4 is 34.9 Å². The first-order chi connectivity index (χ1) is 12.3. The highest BCUT2D eigenvalue weighted by molar-refractivity contribution is 8.00. The number of ether oxygens (including phenoxy) is 1. The Kier molecular flexibility index (Phi) is 5.64. The SMILES string of the molecule is C[C@H](Sc1nnc2c(Cl)cc(C(F)(F)F)cn12)C(=O)NC[C@@H]1CCCO1. The number of hydrogen-bond acceptors (Lipinski definition) is 5. The first-order valence-corrected chi connectivity index (χ1v) is 9.19. The van der Waals surface area contributed by atoms with Gasteiger partial charge in [-0.05, 0) is 25.8 Å². The molecule has 2 aromatic heterocycles. The van der Waals surface area contributed by atoms with E-state index in [0.29, 0.717) is 13.2 Å². The van der Waals surface area contributed by atoms with Crippen LogP contribution in [0.15, 0.2) is 17.4 Å². The molecule has 1 fully saturated rings. The van der Waals surface area contributed by atoms with E-state index < -0.39 is 17.0 Å². The molecule has 3 heterocycles. The highest BCUT2D eigenvalue weighted by Crippen LogP contribution is 2.33. The van der Waals surface area contributed by atoms with Crippen LogP contribution in [0.2, 0.25) is 5.02 Å². The lowest BCUT2D eigenvalue weighted by atomic mass is 10.2. The van der Waals surface area contributed by atoms with Gasteiger partial charge in [0, 0.05) is 19.3 Å². The van der Waals surface area contributed by atoms with Gasteiger partial charge in [0.1, 0.15) is 0 Å². The molecule has 142 valence electrons. The normalized spacial score (nSPS) is 19.0. The number of pyridine rings is 1. The van der Waals surface area contributed by atoms with Gasteiger partial charge in [0.15, 0.2) is 10.8 Å². The lowest BCUT2D eigenvalue weighted by molar-refractivity contribution is -0.137. The van der Waals surface area contributed by atoms with E-state index in [2.05, 4.69) is 15.5 Å². The topological polar surface area (TPSA) is 68.5 Å². The second kappa shape index (κ2) is 7.61. The number of halogens is 4. The predicted octanol–water partition coefficient (Wildman–Crippen LogP) is 3.18. The number of rotatable bonds is 5. The predicted molar refractivity (Wildman–Crippen MR) is 90.3 cm³/mol. The van der Waals surface area contributed by atoms with Crippen molar-refractivity contribution in [3.05, 3.63) is 22.8 Å². The molecule has 1 N–H and O–H groups in total. The van der Waals surface area contributed by atoms with Gasteiger partial charge in [0.2, 0.25) is 5.91 Å². The Labute approximate surface area is 156 Å². The summed E-state index contributed by atoms with van der Waals surface area (Å²) in [5, 5.41) is 9.88. The standard InChI is InChI=1S/C15H16ClF3N4O2S/c1-8(13(24)20-6-10-3-2-4-25-10)26-14-22-21-12-11(16)5-9(7-23(12)14)15(17,18)19/h5,7-8,10H,2-4,6H2,1H3,(H,20,24)/t8-,10-/m0/s1. The average molecular weight is 409 g/mol. The van der Waals surface area contributed by atoms with Crippen molar-refractivity contribution < 1.29 is 22.7 Å². The van der Waals surface area contributed by atoms with E-state index in [-0.39, 0.29) is 27.8 Å². The lowest BCUT2D eigenvalue weighted by Gasteiger charge is -2.14. The van der Waals surface area contributed by atoms with E-state index >= 15 is 0 Å². The molecular formula is C15H16ClF3N4O2S. The molecule has 0 aliphatic carbocycles. The molecule has 1 aliphatic heterocycles. The molecule has 1 saturated heterocycles. The van der Waals surface area contributed by atoms with Crippen molar-refractivity contribution in [2.45, 2.75) is 42.5 Å². The van der Waals surface area contributed by atoms with Crippen LogP contribution in [0, 0.1) is 0 Å². The number of fused-ring (bicyclic) bond motifs is 1. The van der Waals surface area contributed by atoms with Crippen LogP contribution in [0.5, 0.6) is 0 Å². The maximum absolute atomic E-state index is 13.0. The second-order valence-electron chi connectivity index (χ2n) is 5.89. The summed E-state index contributed by atoms with van der Waals surface area (Å²) >= 11 is 6.89. The van der Waals surface area contributed by atoms with Crippen LogP contribution < -0.4 is 5.32 Å². The van der Waals surface area contributed by atoms with Crippen LogP contribution in [0.25, 0.3) is 5.65 Å². The highest BCUT2D eigenvalue weighted by atomic mass is 35.5. The molecule has 3 rings (SSSR count). The summed E-state index contributed by atoms with van der Waals surface area (Å²) in [6.07, 6.45) is -1.79. The molecule has 0 bridgehead atoms. The van der Waals surface area contributed by atoms with E-state index in [1.807, 2.05) is 0 Å². The summed E-state index contributed by atoms with van der Waals surface area (Å²) in [5.74, 6) is -0.250. The Hall–Kier alpha value is -1.52. The van der Waals surface area contributed by atoms with Crippen LogP contribution in [-0.2, 0) is 15.7 Å². The molecular weight excluding hydrogens is 393 g/mol. The summed E-state index contributed by atoms with van der Waals surface area (Å²) in [7, 11) is 0. The van der Waals surface area contributed by atoms with Gasteiger partial charge < -0.3 is 10.1 Å². The molecule has 2 atom stereocenters. The highest BCUT2D eigenvalue weighted by Gasteiger charge is 2.32. The Morgan fingerprint density at radius 1 is 1.54 bits per heavy atom. The number of nitrogens with zero attached hydrogens (tertiary/aromatic N) is 3. The van der Waals surface area contributed by atoms with Crippen molar-refractivity contribution in [2.24, 2.45) is 0 Å². The first-order valence-electron chi connectivity index (χ1n) is 7.93. The maximum atomic E-state index is 13.0. The molecule has 26 heavy (non-hydrogen) atoms. The molecule has 0 unspecified atom stereocenters. The number of hydrogen-bond donors (Lipinski definition) is 1. The number of alkyl halides is 3. The van der Waals surface area contributed by atoms with Crippen molar-refractivity contribution in [3.8, 4) is 0 Å². The van der Waals surface area contributed by atoms with Gasteiger partial charge >= 0.3 is 6.18 Å². The van der Waals surface area contributed by atoms with Crippen molar-refractivity contribution in [3.63, 3.8) is 0 Å². The van der Waals surface area contributed by atoms with Gasteiger partial charge in [-0.25, -0.2) is 0 Å². The quantitative estimate of drug-likeness (QED) is 0.769. The van der Waals surface area contributed by atoms with Crippen LogP contribution in [0.1, 0.15) is 25.3 Å². The number of aromatic nitrogens is 3. The van der Waals surface area contributed by atoms with Crippen molar-refractivity contribution in [1.29, 1.82) is 0 Å². The Bertz CT molecular complexity index is 808. The fourth-order valence-corrected chi connectivity index (χ4v) is 3.64. The molecule has 2 aromatic rings. The van der Waals surface area contributed by atoms with Crippen LogP contribution in [-0.4, -0.2) is 45.0 Å². The van der Waals surface area contributed by atoms with E-state index in [1.165, 1.54) is 0 Å². The summed E-state index contributed by atoms with van der Waals surface area (Å²) in [6, 6.07) is 0.803. The molecule has 0 aromatic carbocycles. The first kappa shape index (κ1) is 19.2. The Balaban J connectivity index is 1.73. The molecule has 0 radical (unpaired) electrons. The van der Waals surface area contributed by atoms with Crippen LogP contribution in [0.3, 0.4) is 0 Å². The third-order valence-electron chi connectivity index (χ3n) is 3.94. The molecule has 11 heteroatoms. The summed E-state index contributed by atoms with van der Waals surface area (Å²) < 4.78 is 45.5. The number of carbonyl (C=O) groups is 1. The lowest BCUT2D eigenvalue weighted by Crippen LogP contribution is -2.36. The molecule has 6 nitrogen and oxygen atoms in total. The monoisotopic (exact) mass is 408 g/mol. The zero-order chi connectivity index (χ0) is 18.9. The minimum Gasteiger partial charge on any atom is -0.376 e.